The predicted octanol–water partition coefficient (Wildman–Crippen LogP) is 2.90. The van der Waals surface area contributed by atoms with Crippen LogP contribution in [-0.4, -0.2) is 24.0 Å². The number of para-hydroxylation sites is 1. The van der Waals surface area contributed by atoms with Gasteiger partial charge in [-0.15, -0.1) is 0 Å². The van der Waals surface area contributed by atoms with E-state index in [9.17, 15) is 9.59 Å². The minimum Gasteiger partial charge on any atom is -0.478 e. The summed E-state index contributed by atoms with van der Waals surface area (Å²) < 4.78 is 0. The van der Waals surface area contributed by atoms with E-state index in [0.29, 0.717) is 5.57 Å². The minimum atomic E-state index is -0.962. The number of hydrogen-bond acceptors (Lipinski definition) is 2. The Morgan fingerprint density at radius 3 is 2.43 bits per heavy atom. The van der Waals surface area contributed by atoms with Gasteiger partial charge in [-0.1, -0.05) is 30.3 Å². The van der Waals surface area contributed by atoms with Gasteiger partial charge in [0.05, 0.1) is 11.3 Å². The monoisotopic (exact) mass is 279 g/mol. The van der Waals surface area contributed by atoms with E-state index in [0.717, 1.165) is 16.8 Å². The van der Waals surface area contributed by atoms with E-state index in [1.54, 1.807) is 30.2 Å². The van der Waals surface area contributed by atoms with E-state index in [1.165, 1.54) is 12.1 Å². The van der Waals surface area contributed by atoms with Crippen molar-refractivity contribution in [3.8, 4) is 0 Å². The average molecular weight is 279 g/mol. The molecular formula is C17H13NO3. The zero-order valence-corrected chi connectivity index (χ0v) is 11.4. The molecule has 104 valence electrons. The Morgan fingerprint density at radius 1 is 1.10 bits per heavy atom. The molecule has 2 aromatic rings. The molecule has 0 saturated heterocycles. The van der Waals surface area contributed by atoms with Gasteiger partial charge in [0, 0.05) is 18.2 Å². The first-order valence-electron chi connectivity index (χ1n) is 6.50. The maximum atomic E-state index is 12.3. The van der Waals surface area contributed by atoms with E-state index >= 15 is 0 Å². The average Bonchev–Trinajstić information content (AvgIpc) is 2.73. The van der Waals surface area contributed by atoms with Gasteiger partial charge in [-0.2, -0.15) is 0 Å². The number of hydrogen-bond donors (Lipinski definition) is 1. The van der Waals surface area contributed by atoms with Crippen LogP contribution < -0.4 is 4.90 Å². The number of carboxylic acids is 1. The third kappa shape index (κ3) is 2.21. The maximum Gasteiger partial charge on any atom is 0.335 e. The molecule has 2 aromatic carbocycles. The summed E-state index contributed by atoms with van der Waals surface area (Å²) in [4.78, 5) is 24.8. The van der Waals surface area contributed by atoms with Crippen LogP contribution in [0.25, 0.3) is 11.6 Å². The summed E-state index contributed by atoms with van der Waals surface area (Å²) >= 11 is 0. The molecule has 0 radical (unpaired) electrons. The first-order chi connectivity index (χ1) is 10.1. The zero-order valence-electron chi connectivity index (χ0n) is 11.4. The number of rotatable bonds is 2. The molecule has 0 spiro atoms. The van der Waals surface area contributed by atoms with Gasteiger partial charge in [-0.3, -0.25) is 4.79 Å². The topological polar surface area (TPSA) is 57.6 Å². The lowest BCUT2D eigenvalue weighted by atomic mass is 10.0. The third-order valence-corrected chi connectivity index (χ3v) is 3.56. The molecule has 0 atom stereocenters. The second kappa shape index (κ2) is 4.90. The van der Waals surface area contributed by atoms with Crippen LogP contribution in [0.15, 0.2) is 48.5 Å². The van der Waals surface area contributed by atoms with Gasteiger partial charge in [0.25, 0.3) is 5.91 Å². The van der Waals surface area contributed by atoms with Crippen LogP contribution in [-0.2, 0) is 4.79 Å². The molecule has 0 saturated carbocycles. The highest BCUT2D eigenvalue weighted by Crippen LogP contribution is 2.36. The van der Waals surface area contributed by atoms with Crippen LogP contribution in [0.5, 0.6) is 0 Å². The highest BCUT2D eigenvalue weighted by Gasteiger charge is 2.28. The van der Waals surface area contributed by atoms with Crippen molar-refractivity contribution in [1.29, 1.82) is 0 Å². The Labute approximate surface area is 121 Å². The van der Waals surface area contributed by atoms with Crippen molar-refractivity contribution in [1.82, 2.24) is 0 Å². The Kier molecular flexibility index (Phi) is 3.06. The Hall–Kier alpha value is -2.88. The van der Waals surface area contributed by atoms with E-state index < -0.39 is 5.97 Å². The van der Waals surface area contributed by atoms with Crippen molar-refractivity contribution < 1.29 is 14.7 Å². The lowest BCUT2D eigenvalue weighted by Crippen LogP contribution is -2.20. The summed E-state index contributed by atoms with van der Waals surface area (Å²) in [6.45, 7) is 0. The number of benzene rings is 2. The smallest absolute Gasteiger partial charge is 0.335 e. The fourth-order valence-corrected chi connectivity index (χ4v) is 2.43. The van der Waals surface area contributed by atoms with Crippen LogP contribution in [0.1, 0.15) is 21.5 Å². The van der Waals surface area contributed by atoms with Gasteiger partial charge in [-0.05, 0) is 29.8 Å². The van der Waals surface area contributed by atoms with Crippen molar-refractivity contribution in [3.63, 3.8) is 0 Å². The summed E-state index contributed by atoms with van der Waals surface area (Å²) in [7, 11) is 1.75. The number of fused-ring (bicyclic) bond motifs is 1. The van der Waals surface area contributed by atoms with Crippen LogP contribution in [0.3, 0.4) is 0 Å². The molecule has 0 bridgehead atoms. The lowest BCUT2D eigenvalue weighted by molar-refractivity contribution is -0.112. The molecule has 4 nitrogen and oxygen atoms in total. The molecule has 21 heavy (non-hydrogen) atoms. The molecule has 0 aliphatic carbocycles. The molecule has 1 amide bonds. The lowest BCUT2D eigenvalue weighted by Gasteiger charge is -2.07. The number of amides is 1. The van der Waals surface area contributed by atoms with E-state index in [2.05, 4.69) is 0 Å². The van der Waals surface area contributed by atoms with E-state index in [-0.39, 0.29) is 11.5 Å². The van der Waals surface area contributed by atoms with Gasteiger partial charge in [0.15, 0.2) is 0 Å². The highest BCUT2D eigenvalue weighted by atomic mass is 16.4. The first-order valence-corrected chi connectivity index (χ1v) is 6.50. The molecule has 0 aromatic heterocycles. The Balaban J connectivity index is 2.03. The van der Waals surface area contributed by atoms with Crippen LogP contribution in [0, 0.1) is 0 Å². The number of likely N-dealkylation sites (N-methyl/N-ethyl adjacent to an activating group) is 1. The summed E-state index contributed by atoms with van der Waals surface area (Å²) in [6.07, 6.45) is 1.79. The SMILES string of the molecule is CN1C(=O)/C(=C/c2ccc(C(=O)O)cc2)c2ccccc21. The van der Waals surface area contributed by atoms with E-state index in [4.69, 9.17) is 5.11 Å². The number of anilines is 1. The number of nitrogens with zero attached hydrogens (tertiary/aromatic N) is 1. The molecule has 1 aliphatic heterocycles. The molecule has 1 N–H and O–H groups in total. The standard InChI is InChI=1S/C17H13NO3/c1-18-15-5-3-2-4-13(15)14(16(18)19)10-11-6-8-12(9-7-11)17(20)21/h2-10H,1H3,(H,20,21)/b14-10+. The van der Waals surface area contributed by atoms with Gasteiger partial charge in [0.1, 0.15) is 0 Å². The number of carbonyl (C=O) groups excluding carboxylic acids is 1. The van der Waals surface area contributed by atoms with Crippen LogP contribution in [0.4, 0.5) is 5.69 Å². The number of carbonyl (C=O) groups is 2. The van der Waals surface area contributed by atoms with Crippen molar-refractivity contribution in [3.05, 3.63) is 65.2 Å². The predicted molar refractivity (Wildman–Crippen MR) is 81.1 cm³/mol. The minimum absolute atomic E-state index is 0.0569. The number of aromatic carboxylic acids is 1. The second-order valence-electron chi connectivity index (χ2n) is 4.87. The van der Waals surface area contributed by atoms with Gasteiger partial charge < -0.3 is 10.0 Å². The largest absolute Gasteiger partial charge is 0.478 e. The molecule has 0 unspecified atom stereocenters. The van der Waals surface area contributed by atoms with Crippen molar-refractivity contribution in [2.24, 2.45) is 0 Å². The maximum absolute atomic E-state index is 12.3. The fourth-order valence-electron chi connectivity index (χ4n) is 2.43. The van der Waals surface area contributed by atoms with Crippen LogP contribution >= 0.6 is 0 Å². The fraction of sp³-hybridized carbons (Fsp3) is 0.0588. The quantitative estimate of drug-likeness (QED) is 0.860. The van der Waals surface area contributed by atoms with Crippen molar-refractivity contribution >= 4 is 29.2 Å². The molecule has 3 rings (SSSR count). The van der Waals surface area contributed by atoms with Crippen molar-refractivity contribution in [2.45, 2.75) is 0 Å². The van der Waals surface area contributed by atoms with Gasteiger partial charge in [0.2, 0.25) is 0 Å². The third-order valence-electron chi connectivity index (χ3n) is 3.56. The molecule has 1 heterocycles. The molecular weight excluding hydrogens is 266 g/mol. The summed E-state index contributed by atoms with van der Waals surface area (Å²) in [6, 6.07) is 14.1. The van der Waals surface area contributed by atoms with Crippen molar-refractivity contribution in [2.75, 3.05) is 11.9 Å². The summed E-state index contributed by atoms with van der Waals surface area (Å²) in [5, 5.41) is 8.89. The Morgan fingerprint density at radius 2 is 1.76 bits per heavy atom. The summed E-state index contributed by atoms with van der Waals surface area (Å²) in [5.41, 5.74) is 3.43. The zero-order chi connectivity index (χ0) is 15.0. The molecule has 1 aliphatic rings. The van der Waals surface area contributed by atoms with Gasteiger partial charge >= 0.3 is 5.97 Å². The van der Waals surface area contributed by atoms with Gasteiger partial charge in [-0.25, -0.2) is 4.79 Å². The Bertz CT molecular complexity index is 760. The molecule has 0 fully saturated rings. The highest BCUT2D eigenvalue weighted by molar-refractivity contribution is 6.35. The van der Waals surface area contributed by atoms with Crippen LogP contribution in [0.2, 0.25) is 0 Å². The summed E-state index contributed by atoms with van der Waals surface area (Å²) in [5.74, 6) is -1.02. The first kappa shape index (κ1) is 13.1. The molecule has 4 heteroatoms. The number of carboxylic acid groups (broad SMARTS) is 1. The van der Waals surface area contributed by atoms with E-state index in [1.807, 2.05) is 24.3 Å². The normalized spacial score (nSPS) is 15.4. The second-order valence-corrected chi connectivity index (χ2v) is 4.87.